The molecular formula is C96H96Cl4F8. The van der Waals surface area contributed by atoms with E-state index in [1.807, 2.05) is 199 Å². The van der Waals surface area contributed by atoms with Crippen molar-refractivity contribution in [2.24, 2.45) is 0 Å². The van der Waals surface area contributed by atoms with E-state index < -0.39 is 23.3 Å². The highest BCUT2D eigenvalue weighted by Crippen LogP contribution is 2.37. The molecule has 0 atom stereocenters. The maximum absolute atomic E-state index is 14.2. The lowest BCUT2D eigenvalue weighted by atomic mass is 10.00. The molecule has 0 aliphatic carbocycles. The fourth-order valence-corrected chi connectivity index (χ4v) is 13.2. The quantitative estimate of drug-likeness (QED) is 0.0751. The zero-order valence-corrected chi connectivity index (χ0v) is 66.8. The van der Waals surface area contributed by atoms with E-state index in [1.54, 1.807) is 36.4 Å². The van der Waals surface area contributed by atoms with Gasteiger partial charge in [-0.2, -0.15) is 0 Å². The van der Waals surface area contributed by atoms with Crippen LogP contribution in [-0.4, -0.2) is 0 Å². The third-order valence-electron chi connectivity index (χ3n) is 19.3. The molecule has 564 valence electrons. The van der Waals surface area contributed by atoms with E-state index in [9.17, 15) is 35.1 Å². The van der Waals surface area contributed by atoms with Crippen LogP contribution in [0.3, 0.4) is 0 Å². The molecule has 0 heterocycles. The topological polar surface area (TPSA) is 0 Å². The van der Waals surface area contributed by atoms with Gasteiger partial charge >= 0.3 is 0 Å². The minimum Gasteiger partial charge on any atom is -0.205 e. The van der Waals surface area contributed by atoms with Gasteiger partial charge in [-0.25, -0.2) is 35.1 Å². The third-order valence-corrected chi connectivity index (χ3v) is 20.9. The van der Waals surface area contributed by atoms with Crippen LogP contribution in [0.1, 0.15) is 150 Å². The SMILES string of the molecule is CCc1ccc(-c2ccc(CC)c(Cl)c2F)cc1.CCc1ccc(-c2ccc(CC)c(Cl)c2F)cc1.CCc1ccc(-c2ccc(CC)c(F)c2Cl)cc1.CCc1ccc(-c2ccc(CC)c(F)c2Cl)cc1.CCc1ccc(-c2ccc(CC)c(F)c2F)cc1.CCc1ccc(-c2ccc(CC)c(F)c2F)cc1. The second-order valence-electron chi connectivity index (χ2n) is 25.8. The monoisotopic (exact) mass is 1540 g/mol. The van der Waals surface area contributed by atoms with Gasteiger partial charge < -0.3 is 0 Å². The highest BCUT2D eigenvalue weighted by Gasteiger charge is 2.19. The van der Waals surface area contributed by atoms with Gasteiger partial charge in [0.1, 0.15) is 23.3 Å². The van der Waals surface area contributed by atoms with Crippen LogP contribution >= 0.6 is 46.4 Å². The maximum atomic E-state index is 14.2. The lowest BCUT2D eigenvalue weighted by Gasteiger charge is -2.09. The summed E-state index contributed by atoms with van der Waals surface area (Å²) in [7, 11) is 0. The van der Waals surface area contributed by atoms with Crippen molar-refractivity contribution in [3.05, 3.63) is 352 Å². The summed E-state index contributed by atoms with van der Waals surface area (Å²) in [4.78, 5) is 0. The summed E-state index contributed by atoms with van der Waals surface area (Å²) in [6.45, 7) is 23.9. The van der Waals surface area contributed by atoms with Crippen LogP contribution in [0.5, 0.6) is 0 Å². The molecule has 108 heavy (non-hydrogen) atoms. The number of benzene rings is 12. The van der Waals surface area contributed by atoms with Crippen LogP contribution in [0, 0.1) is 46.5 Å². The second kappa shape index (κ2) is 42.8. The van der Waals surface area contributed by atoms with Crippen molar-refractivity contribution in [1.29, 1.82) is 0 Å². The van der Waals surface area contributed by atoms with Crippen LogP contribution in [-0.2, 0) is 77.0 Å². The number of halogens is 12. The van der Waals surface area contributed by atoms with E-state index in [-0.39, 0.29) is 43.4 Å². The molecule has 0 radical (unpaired) electrons. The molecule has 12 rings (SSSR count). The molecule has 0 aliphatic heterocycles. The summed E-state index contributed by atoms with van der Waals surface area (Å²) in [5.41, 5.74) is 19.6. The summed E-state index contributed by atoms with van der Waals surface area (Å²) in [6.07, 6.45) is 9.62. The largest absolute Gasteiger partial charge is 0.205 e. The molecule has 0 aliphatic rings. The molecule has 0 nitrogen and oxygen atoms in total. The van der Waals surface area contributed by atoms with Crippen molar-refractivity contribution < 1.29 is 35.1 Å². The lowest BCUT2D eigenvalue weighted by Crippen LogP contribution is -1.96. The molecule has 0 aromatic heterocycles. The first kappa shape index (κ1) is 86.5. The third kappa shape index (κ3) is 22.2. The Morgan fingerprint density at radius 1 is 0.157 bits per heavy atom. The van der Waals surface area contributed by atoms with Crippen LogP contribution in [0.25, 0.3) is 66.8 Å². The van der Waals surface area contributed by atoms with Gasteiger partial charge in [-0.3, -0.25) is 0 Å². The summed E-state index contributed by atoms with van der Waals surface area (Å²) in [6, 6.07) is 68.6. The zero-order valence-electron chi connectivity index (χ0n) is 63.8. The highest BCUT2D eigenvalue weighted by atomic mass is 35.5. The molecule has 0 saturated heterocycles. The van der Waals surface area contributed by atoms with Gasteiger partial charge in [0.2, 0.25) is 0 Å². The molecule has 12 heteroatoms. The van der Waals surface area contributed by atoms with Crippen molar-refractivity contribution in [3.63, 3.8) is 0 Å². The molecule has 0 N–H and O–H groups in total. The average molecular weight is 1540 g/mol. The Labute approximate surface area is 655 Å². The minimum atomic E-state index is -0.751. The van der Waals surface area contributed by atoms with E-state index in [0.717, 1.165) is 95.9 Å². The average Bonchev–Trinajstić information content (AvgIpc) is 0.848. The van der Waals surface area contributed by atoms with Crippen molar-refractivity contribution in [1.82, 2.24) is 0 Å². The molecule has 0 bridgehead atoms. The number of hydrogen-bond acceptors (Lipinski definition) is 0. The first-order chi connectivity index (χ1) is 52.0. The molecule has 0 unspecified atom stereocenters. The Kier molecular flexibility index (Phi) is 34.3. The number of rotatable bonds is 18. The van der Waals surface area contributed by atoms with Gasteiger partial charge in [0.25, 0.3) is 0 Å². The van der Waals surface area contributed by atoms with Crippen molar-refractivity contribution in [3.8, 4) is 66.8 Å². The summed E-state index contributed by atoms with van der Waals surface area (Å²) >= 11 is 24.3. The zero-order chi connectivity index (χ0) is 78.7. The molecular weight excluding hydrogens is 1450 g/mol. The van der Waals surface area contributed by atoms with Crippen LogP contribution in [0.4, 0.5) is 35.1 Å². The number of hydrogen-bond donors (Lipinski definition) is 0. The van der Waals surface area contributed by atoms with Crippen LogP contribution in [0.15, 0.2) is 218 Å². The van der Waals surface area contributed by atoms with Crippen molar-refractivity contribution >= 4 is 46.4 Å². The summed E-state index contributed by atoms with van der Waals surface area (Å²) in [5.74, 6) is -4.19. The van der Waals surface area contributed by atoms with Crippen molar-refractivity contribution in [2.75, 3.05) is 0 Å². The predicted molar refractivity (Wildman–Crippen MR) is 444 cm³/mol. The lowest BCUT2D eigenvalue weighted by molar-refractivity contribution is 0.502. The normalized spacial score (nSPS) is 10.7. The fraction of sp³-hybridized carbons (Fsp3) is 0.250. The molecule has 0 spiro atoms. The van der Waals surface area contributed by atoms with E-state index >= 15 is 0 Å². The van der Waals surface area contributed by atoms with E-state index in [2.05, 4.69) is 65.8 Å². The molecule has 12 aromatic rings. The minimum absolute atomic E-state index is 0.221. The fourth-order valence-electron chi connectivity index (χ4n) is 12.0. The standard InChI is InChI=1S/4C16H16ClF.2C16H16F2/c2*1-3-11-5-7-13(8-6-11)14-10-9-12(4-2)16(18)15(14)17;4*1-3-11-5-7-13(8-6-11)14-10-9-12(4-2)15(17)16(14)18/h6*5-10H,3-4H2,1-2H3. The second-order valence-corrected chi connectivity index (χ2v) is 27.3. The Morgan fingerprint density at radius 2 is 0.324 bits per heavy atom. The van der Waals surface area contributed by atoms with Crippen LogP contribution < -0.4 is 0 Å². The smallest absolute Gasteiger partial charge is 0.166 e. The van der Waals surface area contributed by atoms with Crippen LogP contribution in [0.2, 0.25) is 20.1 Å². The van der Waals surface area contributed by atoms with Gasteiger partial charge in [0, 0.05) is 33.4 Å². The van der Waals surface area contributed by atoms with Gasteiger partial charge in [0.05, 0.1) is 20.1 Å². The van der Waals surface area contributed by atoms with E-state index in [1.165, 1.54) is 33.4 Å². The van der Waals surface area contributed by atoms with Gasteiger partial charge in [0.15, 0.2) is 23.3 Å². The summed E-state index contributed by atoms with van der Waals surface area (Å²) < 4.78 is 112. The first-order valence-electron chi connectivity index (χ1n) is 37.4. The Morgan fingerprint density at radius 3 is 0.519 bits per heavy atom. The highest BCUT2D eigenvalue weighted by molar-refractivity contribution is 6.34. The predicted octanol–water partition coefficient (Wildman–Crippen LogP) is 30.6. The van der Waals surface area contributed by atoms with Gasteiger partial charge in [-0.05, 0) is 177 Å². The molecule has 0 amide bonds. The Balaban J connectivity index is 0.000000180. The Bertz CT molecular complexity index is 4060. The van der Waals surface area contributed by atoms with Gasteiger partial charge in [-0.15, -0.1) is 0 Å². The molecule has 0 saturated carbocycles. The summed E-state index contributed by atoms with van der Waals surface area (Å²) in [5, 5.41) is 0.932. The van der Waals surface area contributed by atoms with Crippen molar-refractivity contribution in [2.45, 2.75) is 160 Å². The van der Waals surface area contributed by atoms with Gasteiger partial charge in [-0.1, -0.05) is 348 Å². The maximum Gasteiger partial charge on any atom is 0.166 e. The molecule has 0 fully saturated rings. The van der Waals surface area contributed by atoms with E-state index in [4.69, 9.17) is 46.4 Å². The molecule has 12 aromatic carbocycles. The Hall–Kier alpha value is -8.76. The van der Waals surface area contributed by atoms with E-state index in [0.29, 0.717) is 81.3 Å². The first-order valence-corrected chi connectivity index (χ1v) is 38.9. The number of aryl methyl sites for hydroxylation is 12.